The lowest BCUT2D eigenvalue weighted by Crippen LogP contribution is -2.30. The van der Waals surface area contributed by atoms with Crippen LogP contribution in [-0.4, -0.2) is 34.3 Å². The van der Waals surface area contributed by atoms with Gasteiger partial charge in [0, 0.05) is 41.6 Å². The van der Waals surface area contributed by atoms with Gasteiger partial charge in [-0.25, -0.2) is 0 Å². The second-order valence-corrected chi connectivity index (χ2v) is 9.65. The number of thiocarbonyl (C=S) groups is 1. The van der Waals surface area contributed by atoms with Crippen LogP contribution in [0.2, 0.25) is 10.0 Å². The molecule has 188 valence electrons. The van der Waals surface area contributed by atoms with E-state index in [4.69, 9.17) is 40.2 Å². The second kappa shape index (κ2) is 10.9. The minimum atomic E-state index is -0.252. The van der Waals surface area contributed by atoms with Crippen LogP contribution in [0.25, 0.3) is 5.69 Å². The van der Waals surface area contributed by atoms with Crippen molar-refractivity contribution in [3.8, 4) is 5.69 Å². The summed E-state index contributed by atoms with van der Waals surface area (Å²) in [6.07, 6.45) is 3.74. The van der Waals surface area contributed by atoms with Gasteiger partial charge in [0.25, 0.3) is 0 Å². The number of rotatable bonds is 7. The van der Waals surface area contributed by atoms with Gasteiger partial charge in [0.15, 0.2) is 5.11 Å². The van der Waals surface area contributed by atoms with Gasteiger partial charge in [-0.15, -0.1) is 0 Å². The molecule has 0 bridgehead atoms. The van der Waals surface area contributed by atoms with Crippen molar-refractivity contribution < 1.29 is 9.53 Å². The van der Waals surface area contributed by atoms with E-state index >= 15 is 0 Å². The first-order valence-electron chi connectivity index (χ1n) is 11.5. The molecule has 0 saturated carbocycles. The maximum atomic E-state index is 11.9. The van der Waals surface area contributed by atoms with Gasteiger partial charge in [-0.1, -0.05) is 29.3 Å². The normalized spacial score (nSPS) is 17.1. The first-order valence-corrected chi connectivity index (χ1v) is 12.6. The Morgan fingerprint density at radius 3 is 2.62 bits per heavy atom. The summed E-state index contributed by atoms with van der Waals surface area (Å²) in [5.41, 5.74) is 4.15. The Morgan fingerprint density at radius 2 is 1.92 bits per heavy atom. The molecule has 3 heterocycles. The first kappa shape index (κ1) is 25.2. The fraction of sp³-hybridized carbons (Fsp3) is 0.148. The molecule has 4 aromatic rings. The van der Waals surface area contributed by atoms with Crippen molar-refractivity contribution >= 4 is 57.8 Å². The fourth-order valence-corrected chi connectivity index (χ4v) is 5.34. The third-order valence-corrected chi connectivity index (χ3v) is 6.91. The molecule has 2 unspecified atom stereocenters. The van der Waals surface area contributed by atoms with Crippen molar-refractivity contribution in [3.05, 3.63) is 107 Å². The minimum absolute atomic E-state index is 0.0139. The fourth-order valence-electron chi connectivity index (χ4n) is 4.50. The van der Waals surface area contributed by atoms with Crippen molar-refractivity contribution in [2.24, 2.45) is 0 Å². The van der Waals surface area contributed by atoms with Crippen LogP contribution in [0.3, 0.4) is 0 Å². The van der Waals surface area contributed by atoms with Gasteiger partial charge < -0.3 is 24.8 Å². The number of anilines is 2. The van der Waals surface area contributed by atoms with Gasteiger partial charge in [0.05, 0.1) is 22.4 Å². The number of ether oxygens (including phenoxy) is 1. The Kier molecular flexibility index (Phi) is 7.43. The number of carbonyl (C=O) groups is 1. The smallest absolute Gasteiger partial charge is 0.250 e. The summed E-state index contributed by atoms with van der Waals surface area (Å²) < 4.78 is 6.94. The highest BCUT2D eigenvalue weighted by Gasteiger charge is 2.42. The molecule has 0 spiro atoms. The zero-order valence-corrected chi connectivity index (χ0v) is 22.1. The molecule has 1 amide bonds. The van der Waals surface area contributed by atoms with Crippen LogP contribution in [0.4, 0.5) is 11.4 Å². The number of benzene rings is 2. The number of methoxy groups -OCH3 is 1. The van der Waals surface area contributed by atoms with Crippen molar-refractivity contribution in [3.63, 3.8) is 0 Å². The average Bonchev–Trinajstić information content (AvgIpc) is 3.49. The monoisotopic (exact) mass is 551 g/mol. The molecule has 2 atom stereocenters. The van der Waals surface area contributed by atoms with E-state index in [0.29, 0.717) is 20.8 Å². The van der Waals surface area contributed by atoms with E-state index in [-0.39, 0.29) is 24.6 Å². The molecule has 1 aliphatic rings. The number of amides is 1. The first-order chi connectivity index (χ1) is 18.0. The summed E-state index contributed by atoms with van der Waals surface area (Å²) in [5, 5.41) is 7.95. The predicted molar refractivity (Wildman–Crippen MR) is 151 cm³/mol. The molecule has 37 heavy (non-hydrogen) atoms. The largest absolute Gasteiger partial charge is 0.375 e. The topological polar surface area (TPSA) is 71.4 Å². The highest BCUT2D eigenvalue weighted by molar-refractivity contribution is 7.80. The molecule has 10 heteroatoms. The number of nitrogens with one attached hydrogen (secondary N) is 2. The Balaban J connectivity index is 1.57. The Morgan fingerprint density at radius 1 is 1.11 bits per heavy atom. The number of carbonyl (C=O) groups excluding carboxylic acids is 1. The lowest BCUT2D eigenvalue weighted by Gasteiger charge is -2.29. The van der Waals surface area contributed by atoms with Gasteiger partial charge in [-0.3, -0.25) is 9.78 Å². The summed E-state index contributed by atoms with van der Waals surface area (Å²) in [6, 6.07) is 22.3. The van der Waals surface area contributed by atoms with E-state index < -0.39 is 0 Å². The molecular formula is C27H23Cl2N5O2S. The summed E-state index contributed by atoms with van der Waals surface area (Å²) in [7, 11) is 1.48. The summed E-state index contributed by atoms with van der Waals surface area (Å²) in [4.78, 5) is 18.6. The number of hydrogen-bond acceptors (Lipinski definition) is 4. The van der Waals surface area contributed by atoms with Gasteiger partial charge >= 0.3 is 0 Å². The Labute approximate surface area is 230 Å². The maximum absolute atomic E-state index is 11.9. The van der Waals surface area contributed by atoms with Crippen LogP contribution in [0.5, 0.6) is 0 Å². The van der Waals surface area contributed by atoms with Gasteiger partial charge in [-0.05, 0) is 78.9 Å². The third kappa shape index (κ3) is 5.19. The summed E-state index contributed by atoms with van der Waals surface area (Å²) in [6.45, 7) is -0.0139. The predicted octanol–water partition coefficient (Wildman–Crippen LogP) is 5.94. The van der Waals surface area contributed by atoms with Crippen molar-refractivity contribution in [2.45, 2.75) is 12.1 Å². The minimum Gasteiger partial charge on any atom is -0.375 e. The molecule has 2 aromatic carbocycles. The highest BCUT2D eigenvalue weighted by Crippen LogP contribution is 2.43. The van der Waals surface area contributed by atoms with Gasteiger partial charge in [0.1, 0.15) is 12.6 Å². The maximum Gasteiger partial charge on any atom is 0.250 e. The SMILES string of the molecule is COCC(=O)Nc1ccc(N2C(=S)NC(c3ccccn3)C2c2cccn2-c2ccc(Cl)cc2Cl)cc1. The van der Waals surface area contributed by atoms with E-state index in [1.807, 2.05) is 77.5 Å². The number of pyridine rings is 1. The molecule has 0 aliphatic carbocycles. The highest BCUT2D eigenvalue weighted by atomic mass is 35.5. The molecule has 1 saturated heterocycles. The third-order valence-electron chi connectivity index (χ3n) is 6.06. The van der Waals surface area contributed by atoms with Crippen molar-refractivity contribution in [1.29, 1.82) is 0 Å². The van der Waals surface area contributed by atoms with Crippen LogP contribution in [0, 0.1) is 0 Å². The zero-order chi connectivity index (χ0) is 25.9. The van der Waals surface area contributed by atoms with E-state index in [1.54, 1.807) is 12.3 Å². The molecule has 5 rings (SSSR count). The van der Waals surface area contributed by atoms with Crippen LogP contribution in [0.1, 0.15) is 23.5 Å². The van der Waals surface area contributed by atoms with Crippen molar-refractivity contribution in [2.75, 3.05) is 23.9 Å². The molecule has 2 N–H and O–H groups in total. The van der Waals surface area contributed by atoms with Crippen LogP contribution in [-0.2, 0) is 9.53 Å². The molecule has 2 aromatic heterocycles. The van der Waals surface area contributed by atoms with Gasteiger partial charge in [0.2, 0.25) is 5.91 Å². The number of nitrogens with zero attached hydrogens (tertiary/aromatic N) is 3. The lowest BCUT2D eigenvalue weighted by molar-refractivity contribution is -0.119. The summed E-state index contributed by atoms with van der Waals surface area (Å²) in [5.74, 6) is -0.223. The lowest BCUT2D eigenvalue weighted by atomic mass is 10.0. The zero-order valence-electron chi connectivity index (χ0n) is 19.8. The Bertz CT molecular complexity index is 1430. The second-order valence-electron chi connectivity index (χ2n) is 8.42. The molecule has 0 radical (unpaired) electrons. The van der Waals surface area contributed by atoms with E-state index in [2.05, 4.69) is 20.5 Å². The van der Waals surface area contributed by atoms with Crippen LogP contribution >= 0.6 is 35.4 Å². The van der Waals surface area contributed by atoms with Crippen molar-refractivity contribution in [1.82, 2.24) is 14.9 Å². The van der Waals surface area contributed by atoms with E-state index in [0.717, 1.165) is 22.8 Å². The summed E-state index contributed by atoms with van der Waals surface area (Å²) >= 11 is 18.6. The van der Waals surface area contributed by atoms with Crippen LogP contribution < -0.4 is 15.5 Å². The van der Waals surface area contributed by atoms with Crippen LogP contribution in [0.15, 0.2) is 85.2 Å². The van der Waals surface area contributed by atoms with E-state index in [1.165, 1.54) is 7.11 Å². The van der Waals surface area contributed by atoms with E-state index in [9.17, 15) is 4.79 Å². The molecule has 1 aliphatic heterocycles. The quantitative estimate of drug-likeness (QED) is 0.277. The average molecular weight is 552 g/mol. The standard InChI is InChI=1S/C27H23Cl2N5O2S/c1-36-16-24(35)31-18-8-10-19(11-9-18)34-26(25(32-27(34)37)21-5-2-3-13-30-21)23-6-4-14-33(23)22-12-7-17(28)15-20(22)29/h2-15,25-26H,16H2,1H3,(H,31,35)(H,32,37). The molecule has 1 fully saturated rings. The number of halogens is 2. The molecular weight excluding hydrogens is 529 g/mol. The van der Waals surface area contributed by atoms with Gasteiger partial charge in [-0.2, -0.15) is 0 Å². The Hall–Kier alpha value is -3.43. The number of aromatic nitrogens is 2. The number of hydrogen-bond donors (Lipinski definition) is 2. The molecule has 7 nitrogen and oxygen atoms in total.